The molecule has 0 heterocycles. The maximum absolute atomic E-state index is 10.5. The lowest BCUT2D eigenvalue weighted by atomic mass is 9.87. The van der Waals surface area contributed by atoms with Gasteiger partial charge in [-0.1, -0.05) is 6.92 Å². The molecule has 1 fully saturated rings. The van der Waals surface area contributed by atoms with Crippen LogP contribution in [0.2, 0.25) is 0 Å². The van der Waals surface area contributed by atoms with Crippen molar-refractivity contribution in [3.63, 3.8) is 0 Å². The van der Waals surface area contributed by atoms with Crippen LogP contribution < -0.4 is 5.14 Å². The fourth-order valence-electron chi connectivity index (χ4n) is 1.02. The van der Waals surface area contributed by atoms with E-state index in [-0.39, 0.29) is 0 Å². The Morgan fingerprint density at radius 2 is 2.12 bits per heavy atom. The van der Waals surface area contributed by atoms with Crippen LogP contribution in [0.5, 0.6) is 0 Å². The van der Waals surface area contributed by atoms with Crippen molar-refractivity contribution in [1.82, 2.24) is 0 Å². The van der Waals surface area contributed by atoms with Crippen molar-refractivity contribution in [3.8, 4) is 0 Å². The minimum Gasteiger partial charge on any atom is -0.598 e. The lowest BCUT2D eigenvalue weighted by molar-refractivity contribution is 0.344. The van der Waals surface area contributed by atoms with E-state index in [2.05, 4.69) is 6.92 Å². The highest BCUT2D eigenvalue weighted by Crippen LogP contribution is 2.30. The quantitative estimate of drug-likeness (QED) is 0.526. The van der Waals surface area contributed by atoms with Crippen LogP contribution in [0, 0.1) is 5.92 Å². The van der Waals surface area contributed by atoms with Crippen LogP contribution in [-0.2, 0) is 11.4 Å². The van der Waals surface area contributed by atoms with E-state index in [4.69, 9.17) is 5.14 Å². The van der Waals surface area contributed by atoms with E-state index in [1.807, 2.05) is 0 Å². The first-order valence-corrected chi connectivity index (χ1v) is 4.12. The Morgan fingerprint density at radius 1 is 1.62 bits per heavy atom. The molecule has 0 bridgehead atoms. The van der Waals surface area contributed by atoms with E-state index < -0.39 is 11.4 Å². The van der Waals surface area contributed by atoms with Gasteiger partial charge in [-0.3, -0.25) is 0 Å². The molecule has 1 aliphatic rings. The topological polar surface area (TPSA) is 49.1 Å². The zero-order valence-electron chi connectivity index (χ0n) is 4.96. The number of hydrogen-bond donors (Lipinski definition) is 1. The summed E-state index contributed by atoms with van der Waals surface area (Å²) < 4.78 is 10.5. The largest absolute Gasteiger partial charge is 0.598 e. The molecule has 0 radical (unpaired) electrons. The van der Waals surface area contributed by atoms with Gasteiger partial charge in [0.1, 0.15) is 5.25 Å². The maximum Gasteiger partial charge on any atom is 0.135 e. The Balaban J connectivity index is 2.15. The van der Waals surface area contributed by atoms with Crippen LogP contribution in [0.25, 0.3) is 0 Å². The van der Waals surface area contributed by atoms with E-state index in [9.17, 15) is 4.55 Å². The van der Waals surface area contributed by atoms with Crippen LogP contribution in [0.3, 0.4) is 0 Å². The Morgan fingerprint density at radius 3 is 2.25 bits per heavy atom. The van der Waals surface area contributed by atoms with Gasteiger partial charge in [-0.15, -0.1) is 0 Å². The highest BCUT2D eigenvalue weighted by molar-refractivity contribution is 7.89. The molecule has 0 aromatic rings. The Hall–Kier alpha value is 0.270. The number of rotatable bonds is 1. The highest BCUT2D eigenvalue weighted by atomic mass is 32.2. The summed E-state index contributed by atoms with van der Waals surface area (Å²) in [4.78, 5) is 0. The molecule has 0 aromatic heterocycles. The predicted octanol–water partition coefficient (Wildman–Crippen LogP) is 0.407. The zero-order valence-corrected chi connectivity index (χ0v) is 5.78. The fourth-order valence-corrected chi connectivity index (χ4v) is 2.05. The van der Waals surface area contributed by atoms with Crippen molar-refractivity contribution >= 4 is 11.4 Å². The van der Waals surface area contributed by atoms with Gasteiger partial charge < -0.3 is 4.55 Å². The van der Waals surface area contributed by atoms with Crippen molar-refractivity contribution in [2.75, 3.05) is 0 Å². The zero-order chi connectivity index (χ0) is 6.15. The van der Waals surface area contributed by atoms with Crippen molar-refractivity contribution in [1.29, 1.82) is 0 Å². The summed E-state index contributed by atoms with van der Waals surface area (Å²) in [5.74, 6) is 0.757. The SMILES string of the molecule is CC1CC([S+](N)[O-])C1. The fraction of sp³-hybridized carbons (Fsp3) is 1.00. The summed E-state index contributed by atoms with van der Waals surface area (Å²) in [6, 6.07) is 0. The summed E-state index contributed by atoms with van der Waals surface area (Å²) in [7, 11) is 0. The van der Waals surface area contributed by atoms with Gasteiger partial charge in [0.05, 0.1) is 0 Å². The number of hydrogen-bond acceptors (Lipinski definition) is 2. The van der Waals surface area contributed by atoms with Gasteiger partial charge in [0.2, 0.25) is 0 Å². The van der Waals surface area contributed by atoms with Crippen LogP contribution in [0.1, 0.15) is 19.8 Å². The van der Waals surface area contributed by atoms with Gasteiger partial charge in [0, 0.05) is 11.4 Å². The molecule has 1 atom stereocenters. The van der Waals surface area contributed by atoms with Crippen LogP contribution in [-0.4, -0.2) is 9.80 Å². The first-order valence-electron chi connectivity index (χ1n) is 2.85. The van der Waals surface area contributed by atoms with E-state index in [1.165, 1.54) is 0 Å². The molecule has 0 aromatic carbocycles. The first-order chi connectivity index (χ1) is 3.70. The second kappa shape index (κ2) is 2.25. The molecule has 1 saturated carbocycles. The Bertz CT molecular complexity index is 80.5. The average molecular weight is 133 g/mol. The van der Waals surface area contributed by atoms with E-state index in [1.54, 1.807) is 0 Å². The highest BCUT2D eigenvalue weighted by Gasteiger charge is 2.33. The van der Waals surface area contributed by atoms with Gasteiger partial charge in [0.25, 0.3) is 0 Å². The van der Waals surface area contributed by atoms with Crippen molar-refractivity contribution < 1.29 is 4.55 Å². The smallest absolute Gasteiger partial charge is 0.135 e. The Labute approximate surface area is 52.8 Å². The maximum atomic E-state index is 10.5. The van der Waals surface area contributed by atoms with Crippen molar-refractivity contribution in [3.05, 3.63) is 0 Å². The molecule has 3 heteroatoms. The lowest BCUT2D eigenvalue weighted by Gasteiger charge is -2.30. The average Bonchev–Trinajstić information content (AvgIpc) is 1.57. The molecule has 1 unspecified atom stereocenters. The normalized spacial score (nSPS) is 40.9. The van der Waals surface area contributed by atoms with Gasteiger partial charge in [-0.25, -0.2) is 0 Å². The summed E-state index contributed by atoms with van der Waals surface area (Å²) in [5.41, 5.74) is 0. The standard InChI is InChI=1S/C5H11NOS/c1-4-2-5(3-4)8(6)7/h4-5H,2-3,6H2,1H3. The molecule has 0 saturated heterocycles. The van der Waals surface area contributed by atoms with E-state index >= 15 is 0 Å². The summed E-state index contributed by atoms with van der Waals surface area (Å²) in [6.45, 7) is 2.16. The van der Waals surface area contributed by atoms with Gasteiger partial charge >= 0.3 is 0 Å². The first kappa shape index (κ1) is 6.39. The summed E-state index contributed by atoms with van der Waals surface area (Å²) in [5, 5.41) is 5.44. The molecule has 2 nitrogen and oxygen atoms in total. The molecule has 8 heavy (non-hydrogen) atoms. The van der Waals surface area contributed by atoms with Gasteiger partial charge in [-0.05, 0) is 18.8 Å². The predicted molar refractivity (Wildman–Crippen MR) is 34.5 cm³/mol. The molecule has 0 spiro atoms. The van der Waals surface area contributed by atoms with Crippen LogP contribution >= 0.6 is 0 Å². The second-order valence-corrected chi connectivity index (χ2v) is 3.85. The minimum absolute atomic E-state index is 0.310. The molecule has 0 aliphatic heterocycles. The van der Waals surface area contributed by atoms with E-state index in [0.717, 1.165) is 18.8 Å². The van der Waals surface area contributed by atoms with Crippen molar-refractivity contribution in [2.24, 2.45) is 11.1 Å². The van der Waals surface area contributed by atoms with Crippen molar-refractivity contribution in [2.45, 2.75) is 25.0 Å². The van der Waals surface area contributed by atoms with Crippen LogP contribution in [0.4, 0.5) is 0 Å². The summed E-state index contributed by atoms with van der Waals surface area (Å²) in [6.07, 6.45) is 2.12. The molecule has 48 valence electrons. The molecule has 0 amide bonds. The lowest BCUT2D eigenvalue weighted by Crippen LogP contribution is -2.38. The molecule has 2 N–H and O–H groups in total. The minimum atomic E-state index is -1.04. The third-order valence-corrected chi connectivity index (χ3v) is 2.70. The summed E-state index contributed by atoms with van der Waals surface area (Å²) >= 11 is -1.04. The molecular formula is C5H11NOS. The van der Waals surface area contributed by atoms with Gasteiger partial charge in [0.15, 0.2) is 0 Å². The monoisotopic (exact) mass is 133 g/mol. The van der Waals surface area contributed by atoms with Crippen LogP contribution in [0.15, 0.2) is 0 Å². The second-order valence-electron chi connectivity index (χ2n) is 2.53. The number of nitrogens with two attached hydrogens (primary N) is 1. The third-order valence-electron chi connectivity index (χ3n) is 1.66. The third kappa shape index (κ3) is 1.16. The van der Waals surface area contributed by atoms with Gasteiger partial charge in [-0.2, -0.15) is 5.14 Å². The van der Waals surface area contributed by atoms with E-state index in [0.29, 0.717) is 5.25 Å². The molecule has 1 aliphatic carbocycles. The molecule has 1 rings (SSSR count). The molecular weight excluding hydrogens is 122 g/mol. The Kier molecular flexibility index (Phi) is 1.80.